The Hall–Kier alpha value is -1.36. The van der Waals surface area contributed by atoms with Crippen molar-refractivity contribution in [2.75, 3.05) is 36.7 Å². The van der Waals surface area contributed by atoms with Crippen LogP contribution >= 0.6 is 11.8 Å². The van der Waals surface area contributed by atoms with Gasteiger partial charge in [-0.25, -0.2) is 0 Å². The standard InChI is InChI=1S/C13H21N3OS/c1-15-13(17)10-5-6-11(14)12(9-10)16-7-3-4-8-18-2/h5-6,9,16H,3-4,7-8,14H2,1-2H3,(H,15,17). The van der Waals surface area contributed by atoms with Crippen LogP contribution in [0.4, 0.5) is 11.4 Å². The number of anilines is 2. The highest BCUT2D eigenvalue weighted by molar-refractivity contribution is 7.98. The molecule has 0 bridgehead atoms. The van der Waals surface area contributed by atoms with Crippen LogP contribution in [0.3, 0.4) is 0 Å². The Labute approximate surface area is 113 Å². The molecule has 0 heterocycles. The van der Waals surface area contributed by atoms with Crippen molar-refractivity contribution in [2.45, 2.75) is 12.8 Å². The molecule has 0 saturated heterocycles. The van der Waals surface area contributed by atoms with E-state index in [0.29, 0.717) is 11.3 Å². The fourth-order valence-electron chi connectivity index (χ4n) is 1.59. The fraction of sp³-hybridized carbons (Fsp3) is 0.462. The Morgan fingerprint density at radius 1 is 1.39 bits per heavy atom. The van der Waals surface area contributed by atoms with Crippen LogP contribution in [-0.4, -0.2) is 31.5 Å². The topological polar surface area (TPSA) is 67.2 Å². The number of hydrogen-bond acceptors (Lipinski definition) is 4. The zero-order valence-electron chi connectivity index (χ0n) is 11.0. The van der Waals surface area contributed by atoms with Gasteiger partial charge in [0.2, 0.25) is 0 Å². The van der Waals surface area contributed by atoms with Crippen molar-refractivity contribution in [3.05, 3.63) is 23.8 Å². The Balaban J connectivity index is 2.56. The van der Waals surface area contributed by atoms with Gasteiger partial charge in [0, 0.05) is 19.2 Å². The van der Waals surface area contributed by atoms with Crippen molar-refractivity contribution in [1.29, 1.82) is 0 Å². The van der Waals surface area contributed by atoms with Gasteiger partial charge in [0.15, 0.2) is 0 Å². The van der Waals surface area contributed by atoms with E-state index in [4.69, 9.17) is 5.73 Å². The maximum absolute atomic E-state index is 11.5. The summed E-state index contributed by atoms with van der Waals surface area (Å²) in [6, 6.07) is 5.28. The van der Waals surface area contributed by atoms with Crippen LogP contribution in [0.5, 0.6) is 0 Å². The van der Waals surface area contributed by atoms with Gasteiger partial charge in [-0.1, -0.05) is 0 Å². The maximum atomic E-state index is 11.5. The molecule has 5 heteroatoms. The number of carbonyl (C=O) groups excluding carboxylic acids is 1. The first-order chi connectivity index (χ1) is 8.69. The van der Waals surface area contributed by atoms with Crippen molar-refractivity contribution in [3.8, 4) is 0 Å². The quantitative estimate of drug-likeness (QED) is 0.523. The summed E-state index contributed by atoms with van der Waals surface area (Å²) in [6.07, 6.45) is 4.39. The van der Waals surface area contributed by atoms with Gasteiger partial charge >= 0.3 is 0 Å². The molecule has 0 aromatic heterocycles. The highest BCUT2D eigenvalue weighted by Crippen LogP contribution is 2.20. The monoisotopic (exact) mass is 267 g/mol. The molecule has 4 nitrogen and oxygen atoms in total. The third-order valence-electron chi connectivity index (χ3n) is 2.63. The van der Waals surface area contributed by atoms with E-state index >= 15 is 0 Å². The fourth-order valence-corrected chi connectivity index (χ4v) is 2.08. The van der Waals surface area contributed by atoms with Gasteiger partial charge in [-0.3, -0.25) is 4.79 Å². The molecule has 1 aromatic carbocycles. The van der Waals surface area contributed by atoms with E-state index in [9.17, 15) is 4.79 Å². The minimum atomic E-state index is -0.0968. The summed E-state index contributed by atoms with van der Waals surface area (Å²) < 4.78 is 0. The van der Waals surface area contributed by atoms with Gasteiger partial charge in [0.25, 0.3) is 5.91 Å². The van der Waals surface area contributed by atoms with Gasteiger partial charge in [0.05, 0.1) is 11.4 Å². The number of hydrogen-bond donors (Lipinski definition) is 3. The lowest BCUT2D eigenvalue weighted by Crippen LogP contribution is -2.18. The zero-order valence-corrected chi connectivity index (χ0v) is 11.8. The Morgan fingerprint density at radius 3 is 2.83 bits per heavy atom. The molecule has 0 unspecified atom stereocenters. The molecule has 0 aliphatic carbocycles. The summed E-state index contributed by atoms with van der Waals surface area (Å²) in [5, 5.41) is 5.88. The van der Waals surface area contributed by atoms with E-state index in [2.05, 4.69) is 16.9 Å². The zero-order chi connectivity index (χ0) is 13.4. The largest absolute Gasteiger partial charge is 0.397 e. The third kappa shape index (κ3) is 4.49. The summed E-state index contributed by atoms with van der Waals surface area (Å²) >= 11 is 1.85. The SMILES string of the molecule is CNC(=O)c1ccc(N)c(NCCCCSC)c1. The van der Waals surface area contributed by atoms with E-state index in [0.717, 1.165) is 18.7 Å². The number of amides is 1. The molecule has 0 saturated carbocycles. The van der Waals surface area contributed by atoms with E-state index in [1.807, 2.05) is 11.8 Å². The first-order valence-corrected chi connectivity index (χ1v) is 7.43. The van der Waals surface area contributed by atoms with E-state index in [1.165, 1.54) is 12.2 Å². The second-order valence-electron chi connectivity index (χ2n) is 4.01. The second-order valence-corrected chi connectivity index (χ2v) is 4.99. The molecular weight excluding hydrogens is 246 g/mol. The van der Waals surface area contributed by atoms with Crippen molar-refractivity contribution in [1.82, 2.24) is 5.32 Å². The first kappa shape index (κ1) is 14.7. The Kier molecular flexibility index (Phi) is 6.43. The summed E-state index contributed by atoms with van der Waals surface area (Å²) in [6.45, 7) is 0.877. The Bertz CT molecular complexity index is 396. The van der Waals surface area contributed by atoms with E-state index in [1.54, 1.807) is 25.2 Å². The summed E-state index contributed by atoms with van der Waals surface area (Å²) in [4.78, 5) is 11.5. The molecule has 1 rings (SSSR count). The molecule has 18 heavy (non-hydrogen) atoms. The lowest BCUT2D eigenvalue weighted by Gasteiger charge is -2.10. The predicted molar refractivity (Wildman–Crippen MR) is 80.4 cm³/mol. The normalized spacial score (nSPS) is 10.1. The van der Waals surface area contributed by atoms with E-state index < -0.39 is 0 Å². The van der Waals surface area contributed by atoms with Crippen molar-refractivity contribution in [2.24, 2.45) is 0 Å². The minimum absolute atomic E-state index is 0.0968. The average Bonchev–Trinajstić information content (AvgIpc) is 2.39. The van der Waals surface area contributed by atoms with Crippen molar-refractivity contribution >= 4 is 29.0 Å². The molecule has 0 fully saturated rings. The van der Waals surface area contributed by atoms with Crippen molar-refractivity contribution in [3.63, 3.8) is 0 Å². The molecule has 1 aromatic rings. The number of carbonyl (C=O) groups is 1. The van der Waals surface area contributed by atoms with Gasteiger partial charge < -0.3 is 16.4 Å². The summed E-state index contributed by atoms with van der Waals surface area (Å²) in [7, 11) is 1.62. The molecule has 100 valence electrons. The number of nitrogens with two attached hydrogens (primary N) is 1. The van der Waals surface area contributed by atoms with Gasteiger partial charge in [0.1, 0.15) is 0 Å². The molecule has 0 aliphatic rings. The lowest BCUT2D eigenvalue weighted by molar-refractivity contribution is 0.0963. The van der Waals surface area contributed by atoms with Crippen LogP contribution in [0, 0.1) is 0 Å². The maximum Gasteiger partial charge on any atom is 0.251 e. The molecule has 0 spiro atoms. The van der Waals surface area contributed by atoms with Gasteiger partial charge in [-0.15, -0.1) is 0 Å². The molecule has 0 radical (unpaired) electrons. The molecule has 4 N–H and O–H groups in total. The van der Waals surface area contributed by atoms with Gasteiger partial charge in [-0.2, -0.15) is 11.8 Å². The van der Waals surface area contributed by atoms with Crippen molar-refractivity contribution < 1.29 is 4.79 Å². The second kappa shape index (κ2) is 7.87. The number of rotatable bonds is 7. The van der Waals surface area contributed by atoms with Crippen LogP contribution in [-0.2, 0) is 0 Å². The van der Waals surface area contributed by atoms with Crippen LogP contribution in [0.15, 0.2) is 18.2 Å². The van der Waals surface area contributed by atoms with Gasteiger partial charge in [-0.05, 0) is 43.0 Å². The number of nitrogens with one attached hydrogen (secondary N) is 2. The number of benzene rings is 1. The number of thioether (sulfide) groups is 1. The summed E-state index contributed by atoms with van der Waals surface area (Å²) in [5.74, 6) is 1.08. The Morgan fingerprint density at radius 2 is 2.17 bits per heavy atom. The van der Waals surface area contributed by atoms with Crippen LogP contribution < -0.4 is 16.4 Å². The molecular formula is C13H21N3OS. The minimum Gasteiger partial charge on any atom is -0.397 e. The van der Waals surface area contributed by atoms with Crippen LogP contribution in [0.25, 0.3) is 0 Å². The third-order valence-corrected chi connectivity index (χ3v) is 3.33. The van der Waals surface area contributed by atoms with Crippen LogP contribution in [0.2, 0.25) is 0 Å². The number of nitrogen functional groups attached to an aromatic ring is 1. The smallest absolute Gasteiger partial charge is 0.251 e. The predicted octanol–water partition coefficient (Wildman–Crippen LogP) is 2.18. The number of unbranched alkanes of at least 4 members (excludes halogenated alkanes) is 1. The lowest BCUT2D eigenvalue weighted by atomic mass is 10.1. The summed E-state index contributed by atoms with van der Waals surface area (Å²) in [5.41, 5.74) is 8.00. The average molecular weight is 267 g/mol. The highest BCUT2D eigenvalue weighted by Gasteiger charge is 2.06. The molecule has 1 amide bonds. The van der Waals surface area contributed by atoms with E-state index in [-0.39, 0.29) is 5.91 Å². The van der Waals surface area contributed by atoms with Crippen LogP contribution in [0.1, 0.15) is 23.2 Å². The highest BCUT2D eigenvalue weighted by atomic mass is 32.2. The molecule has 0 atom stereocenters. The first-order valence-electron chi connectivity index (χ1n) is 6.03. The molecule has 0 aliphatic heterocycles.